The van der Waals surface area contributed by atoms with Crippen LogP contribution in [0.3, 0.4) is 0 Å². The first kappa shape index (κ1) is 20.1. The predicted molar refractivity (Wildman–Crippen MR) is 121 cm³/mol. The zero-order valence-electron chi connectivity index (χ0n) is 17.2. The summed E-state index contributed by atoms with van der Waals surface area (Å²) in [6.07, 6.45) is 3.55. The van der Waals surface area contributed by atoms with Gasteiger partial charge in [-0.1, -0.05) is 29.8 Å². The Balaban J connectivity index is 1.65. The van der Waals surface area contributed by atoms with Crippen molar-refractivity contribution in [3.63, 3.8) is 0 Å². The van der Waals surface area contributed by atoms with Gasteiger partial charge in [-0.05, 0) is 43.3 Å². The van der Waals surface area contributed by atoms with Gasteiger partial charge in [-0.3, -0.25) is 4.68 Å². The molecule has 5 aromatic rings. The molecule has 0 N–H and O–H groups in total. The molecule has 7 nitrogen and oxygen atoms in total. The molecule has 4 aromatic heterocycles. The number of carbonyl (C=O) groups is 1. The number of benzene rings is 1. The molecule has 0 saturated heterocycles. The topological polar surface area (TPSA) is 74.6 Å². The van der Waals surface area contributed by atoms with Gasteiger partial charge in [0, 0.05) is 22.8 Å². The Morgan fingerprint density at radius 3 is 2.72 bits per heavy atom. The number of ether oxygens (including phenoxy) is 1. The molecule has 0 amide bonds. The Morgan fingerprint density at radius 1 is 1.12 bits per heavy atom. The Hall–Kier alpha value is -3.84. The Bertz CT molecular complexity index is 1380. The van der Waals surface area contributed by atoms with E-state index in [1.54, 1.807) is 30.0 Å². The van der Waals surface area contributed by atoms with Crippen LogP contribution in [0.2, 0.25) is 5.02 Å². The number of imidazole rings is 1. The molecular formula is C24H19ClN4O3. The molecule has 1 aromatic carbocycles. The highest BCUT2D eigenvalue weighted by Gasteiger charge is 2.21. The predicted octanol–water partition coefficient (Wildman–Crippen LogP) is 5.34. The monoisotopic (exact) mass is 446 g/mol. The molecule has 0 bridgehead atoms. The van der Waals surface area contributed by atoms with Gasteiger partial charge >= 0.3 is 5.97 Å². The van der Waals surface area contributed by atoms with Crippen LogP contribution >= 0.6 is 11.6 Å². The SMILES string of the molecule is CCOC(=O)c1cc(-c2ccco2)n(Cc2c(-c3ccc(Cl)cc3)nc3ccccn23)n1. The van der Waals surface area contributed by atoms with Gasteiger partial charge in [0.25, 0.3) is 0 Å². The fourth-order valence-electron chi connectivity index (χ4n) is 3.64. The third kappa shape index (κ3) is 3.67. The number of furan rings is 1. The van der Waals surface area contributed by atoms with Gasteiger partial charge in [0.2, 0.25) is 0 Å². The summed E-state index contributed by atoms with van der Waals surface area (Å²) >= 11 is 6.09. The second-order valence-electron chi connectivity index (χ2n) is 7.11. The maximum atomic E-state index is 12.4. The summed E-state index contributed by atoms with van der Waals surface area (Å²) in [6.45, 7) is 2.40. The Labute approximate surface area is 188 Å². The van der Waals surface area contributed by atoms with Crippen LogP contribution in [0.4, 0.5) is 0 Å². The van der Waals surface area contributed by atoms with E-state index >= 15 is 0 Å². The van der Waals surface area contributed by atoms with E-state index in [-0.39, 0.29) is 12.3 Å². The van der Waals surface area contributed by atoms with Crippen molar-refractivity contribution in [2.24, 2.45) is 0 Å². The van der Waals surface area contributed by atoms with Crippen LogP contribution < -0.4 is 0 Å². The molecule has 0 fully saturated rings. The number of hydrogen-bond donors (Lipinski definition) is 0. The van der Waals surface area contributed by atoms with Crippen LogP contribution in [0.15, 0.2) is 77.5 Å². The van der Waals surface area contributed by atoms with E-state index in [4.69, 9.17) is 25.7 Å². The first-order chi connectivity index (χ1) is 15.6. The number of hydrogen-bond acceptors (Lipinski definition) is 5. The molecule has 5 rings (SSSR count). The molecule has 32 heavy (non-hydrogen) atoms. The van der Waals surface area contributed by atoms with Crippen LogP contribution in [0, 0.1) is 0 Å². The number of esters is 1. The summed E-state index contributed by atoms with van der Waals surface area (Å²) in [6, 6.07) is 18.7. The summed E-state index contributed by atoms with van der Waals surface area (Å²) < 4.78 is 14.5. The van der Waals surface area contributed by atoms with Crippen molar-refractivity contribution in [3.8, 4) is 22.7 Å². The summed E-state index contributed by atoms with van der Waals surface area (Å²) in [4.78, 5) is 17.2. The van der Waals surface area contributed by atoms with Gasteiger partial charge in [-0.2, -0.15) is 5.10 Å². The fourth-order valence-corrected chi connectivity index (χ4v) is 3.77. The van der Waals surface area contributed by atoms with Crippen LogP contribution in [0.25, 0.3) is 28.4 Å². The van der Waals surface area contributed by atoms with Crippen molar-refractivity contribution in [2.75, 3.05) is 6.61 Å². The largest absolute Gasteiger partial charge is 0.463 e. The highest BCUT2D eigenvalue weighted by Crippen LogP contribution is 2.29. The molecule has 4 heterocycles. The number of halogens is 1. The standard InChI is InChI=1S/C24H19ClN4O3/c1-2-31-24(30)18-14-19(21-6-5-13-32-21)29(27-18)15-20-23(16-8-10-17(25)11-9-16)26-22-7-3-4-12-28(20)22/h3-14H,2,15H2,1H3. The van der Waals surface area contributed by atoms with Crippen molar-refractivity contribution in [1.82, 2.24) is 19.2 Å². The first-order valence-corrected chi connectivity index (χ1v) is 10.5. The number of fused-ring (bicyclic) bond motifs is 1. The number of carbonyl (C=O) groups excluding carboxylic acids is 1. The number of nitrogens with zero attached hydrogens (tertiary/aromatic N) is 4. The molecule has 160 valence electrons. The highest BCUT2D eigenvalue weighted by molar-refractivity contribution is 6.30. The van der Waals surface area contributed by atoms with Gasteiger partial charge < -0.3 is 13.6 Å². The van der Waals surface area contributed by atoms with Crippen LogP contribution in [-0.2, 0) is 11.3 Å². The van der Waals surface area contributed by atoms with Crippen molar-refractivity contribution >= 4 is 23.2 Å². The summed E-state index contributed by atoms with van der Waals surface area (Å²) in [7, 11) is 0. The zero-order chi connectivity index (χ0) is 22.1. The minimum Gasteiger partial charge on any atom is -0.463 e. The second-order valence-corrected chi connectivity index (χ2v) is 7.55. The molecule has 0 radical (unpaired) electrons. The maximum absolute atomic E-state index is 12.4. The molecule has 8 heteroatoms. The molecule has 0 aliphatic heterocycles. The second kappa shape index (κ2) is 8.36. The van der Waals surface area contributed by atoms with Crippen LogP contribution in [-0.4, -0.2) is 31.7 Å². The van der Waals surface area contributed by atoms with E-state index in [0.29, 0.717) is 23.0 Å². The van der Waals surface area contributed by atoms with Gasteiger partial charge in [0.05, 0.1) is 30.8 Å². The van der Waals surface area contributed by atoms with E-state index in [9.17, 15) is 4.79 Å². The number of rotatable bonds is 6. The number of pyridine rings is 1. The van der Waals surface area contributed by atoms with Gasteiger partial charge in [-0.15, -0.1) is 0 Å². The highest BCUT2D eigenvalue weighted by atomic mass is 35.5. The summed E-state index contributed by atoms with van der Waals surface area (Å²) in [5.74, 6) is 0.130. The molecule has 0 spiro atoms. The van der Waals surface area contributed by atoms with Gasteiger partial charge in [-0.25, -0.2) is 9.78 Å². The first-order valence-electron chi connectivity index (χ1n) is 10.1. The van der Waals surface area contributed by atoms with E-state index < -0.39 is 5.97 Å². The molecule has 0 aliphatic carbocycles. The lowest BCUT2D eigenvalue weighted by Crippen LogP contribution is -2.10. The zero-order valence-corrected chi connectivity index (χ0v) is 18.0. The van der Waals surface area contributed by atoms with Crippen molar-refractivity contribution in [3.05, 3.63) is 89.5 Å². The van der Waals surface area contributed by atoms with Gasteiger partial charge in [0.15, 0.2) is 11.5 Å². The number of aromatic nitrogens is 4. The Kier molecular flexibility index (Phi) is 5.25. The average molecular weight is 447 g/mol. The smallest absolute Gasteiger partial charge is 0.358 e. The van der Waals surface area contributed by atoms with Crippen LogP contribution in [0.5, 0.6) is 0 Å². The van der Waals surface area contributed by atoms with E-state index in [1.807, 2.05) is 59.1 Å². The fraction of sp³-hybridized carbons (Fsp3) is 0.125. The minimum atomic E-state index is -0.477. The molecular weight excluding hydrogens is 428 g/mol. The third-order valence-electron chi connectivity index (χ3n) is 5.08. The summed E-state index contributed by atoms with van der Waals surface area (Å²) in [5.41, 5.74) is 4.36. The lowest BCUT2D eigenvalue weighted by atomic mass is 10.1. The van der Waals surface area contributed by atoms with Crippen molar-refractivity contribution in [1.29, 1.82) is 0 Å². The molecule has 0 aliphatic rings. The third-order valence-corrected chi connectivity index (χ3v) is 5.34. The summed E-state index contributed by atoms with van der Waals surface area (Å²) in [5, 5.41) is 5.19. The van der Waals surface area contributed by atoms with Gasteiger partial charge in [0.1, 0.15) is 11.3 Å². The van der Waals surface area contributed by atoms with Crippen LogP contribution in [0.1, 0.15) is 23.1 Å². The molecule has 0 saturated carbocycles. The minimum absolute atomic E-state index is 0.222. The maximum Gasteiger partial charge on any atom is 0.358 e. The molecule has 0 atom stereocenters. The quantitative estimate of drug-likeness (QED) is 0.329. The molecule has 0 unspecified atom stereocenters. The normalized spacial score (nSPS) is 11.2. The average Bonchev–Trinajstić information content (AvgIpc) is 3.54. The Morgan fingerprint density at radius 2 is 1.97 bits per heavy atom. The lowest BCUT2D eigenvalue weighted by molar-refractivity contribution is 0.0518. The van der Waals surface area contributed by atoms with E-state index in [0.717, 1.165) is 22.6 Å². The lowest BCUT2D eigenvalue weighted by Gasteiger charge is -2.09. The van der Waals surface area contributed by atoms with E-state index in [1.165, 1.54) is 0 Å². The van der Waals surface area contributed by atoms with E-state index in [2.05, 4.69) is 5.10 Å². The van der Waals surface area contributed by atoms with Crippen molar-refractivity contribution in [2.45, 2.75) is 13.5 Å². The van der Waals surface area contributed by atoms with Crippen molar-refractivity contribution < 1.29 is 13.9 Å².